The third-order valence-corrected chi connectivity index (χ3v) is 2.46. The lowest BCUT2D eigenvalue weighted by atomic mass is 9.75. The van der Waals surface area contributed by atoms with Gasteiger partial charge >= 0.3 is 0 Å². The van der Waals surface area contributed by atoms with Gasteiger partial charge in [-0.15, -0.1) is 0 Å². The van der Waals surface area contributed by atoms with Crippen LogP contribution in [0.2, 0.25) is 0 Å². The van der Waals surface area contributed by atoms with Gasteiger partial charge in [0.25, 0.3) is 0 Å². The minimum Gasteiger partial charge on any atom is -0.0991 e. The van der Waals surface area contributed by atoms with Crippen molar-refractivity contribution in [3.63, 3.8) is 0 Å². The van der Waals surface area contributed by atoms with Gasteiger partial charge < -0.3 is 0 Å². The molecule has 0 radical (unpaired) electrons. The van der Waals surface area contributed by atoms with E-state index in [4.69, 9.17) is 0 Å². The molecule has 13 heavy (non-hydrogen) atoms. The number of rotatable bonds is 2. The molecule has 70 valence electrons. The van der Waals surface area contributed by atoms with E-state index in [9.17, 15) is 0 Å². The standard InChI is InChI=1S/C13H18/c1-5-6-7-12-9-8-11(2)10-13(12,3)4/h5-9H,1,10H2,2-4H3/b7-6-. The van der Waals surface area contributed by atoms with Gasteiger partial charge in [-0.1, -0.05) is 56.4 Å². The second-order valence-electron chi connectivity index (χ2n) is 4.29. The average molecular weight is 174 g/mol. The molecule has 0 amide bonds. The van der Waals surface area contributed by atoms with Gasteiger partial charge in [0.1, 0.15) is 0 Å². The van der Waals surface area contributed by atoms with Gasteiger partial charge in [-0.05, 0) is 24.3 Å². The Balaban J connectivity index is 2.92. The molecule has 0 heterocycles. The van der Waals surface area contributed by atoms with Crippen LogP contribution in [0.15, 0.2) is 48.1 Å². The van der Waals surface area contributed by atoms with E-state index in [-0.39, 0.29) is 5.41 Å². The average Bonchev–Trinajstić information content (AvgIpc) is 2.01. The molecule has 0 aliphatic heterocycles. The van der Waals surface area contributed by atoms with Crippen LogP contribution < -0.4 is 0 Å². The minimum absolute atomic E-state index is 0.276. The summed E-state index contributed by atoms with van der Waals surface area (Å²) in [6.07, 6.45) is 11.5. The predicted octanol–water partition coefficient (Wildman–Crippen LogP) is 4.03. The van der Waals surface area contributed by atoms with E-state index in [0.29, 0.717) is 0 Å². The Hall–Kier alpha value is -1.04. The maximum absolute atomic E-state index is 3.68. The van der Waals surface area contributed by atoms with Crippen LogP contribution in [-0.4, -0.2) is 0 Å². The highest BCUT2D eigenvalue weighted by Crippen LogP contribution is 2.37. The Labute approximate surface area is 81.4 Å². The fourth-order valence-corrected chi connectivity index (χ4v) is 1.77. The van der Waals surface area contributed by atoms with Gasteiger partial charge in [-0.3, -0.25) is 0 Å². The summed E-state index contributed by atoms with van der Waals surface area (Å²) in [6.45, 7) is 10.4. The molecule has 1 rings (SSSR count). The van der Waals surface area contributed by atoms with Crippen molar-refractivity contribution in [2.75, 3.05) is 0 Å². The van der Waals surface area contributed by atoms with Gasteiger partial charge in [-0.25, -0.2) is 0 Å². The summed E-state index contributed by atoms with van der Waals surface area (Å²) < 4.78 is 0. The van der Waals surface area contributed by atoms with Crippen molar-refractivity contribution in [3.8, 4) is 0 Å². The van der Waals surface area contributed by atoms with Crippen LogP contribution in [0, 0.1) is 5.41 Å². The summed E-state index contributed by atoms with van der Waals surface area (Å²) in [6, 6.07) is 0. The van der Waals surface area contributed by atoms with Crippen molar-refractivity contribution in [1.29, 1.82) is 0 Å². The molecule has 0 nitrogen and oxygen atoms in total. The topological polar surface area (TPSA) is 0 Å². The van der Waals surface area contributed by atoms with Crippen molar-refractivity contribution >= 4 is 0 Å². The van der Waals surface area contributed by atoms with Crippen molar-refractivity contribution in [2.24, 2.45) is 5.41 Å². The largest absolute Gasteiger partial charge is 0.0991 e. The van der Waals surface area contributed by atoms with E-state index >= 15 is 0 Å². The molecule has 0 heteroatoms. The van der Waals surface area contributed by atoms with Gasteiger partial charge in [0.15, 0.2) is 0 Å². The minimum atomic E-state index is 0.276. The molecular formula is C13H18. The van der Waals surface area contributed by atoms with Crippen LogP contribution >= 0.6 is 0 Å². The smallest absolute Gasteiger partial charge is 0.00664 e. The fourth-order valence-electron chi connectivity index (χ4n) is 1.77. The first-order chi connectivity index (χ1) is 6.06. The zero-order valence-corrected chi connectivity index (χ0v) is 8.80. The van der Waals surface area contributed by atoms with E-state index in [1.54, 1.807) is 0 Å². The van der Waals surface area contributed by atoms with Crippen molar-refractivity contribution in [3.05, 3.63) is 48.1 Å². The lowest BCUT2D eigenvalue weighted by Gasteiger charge is -2.29. The summed E-state index contributed by atoms with van der Waals surface area (Å²) in [4.78, 5) is 0. The molecule has 0 spiro atoms. The Morgan fingerprint density at radius 1 is 1.38 bits per heavy atom. The Kier molecular flexibility index (Phi) is 2.92. The third-order valence-electron chi connectivity index (χ3n) is 2.46. The highest BCUT2D eigenvalue weighted by atomic mass is 14.3. The molecule has 0 N–H and O–H groups in total. The third kappa shape index (κ3) is 2.45. The zero-order valence-electron chi connectivity index (χ0n) is 8.80. The molecule has 0 saturated carbocycles. The van der Waals surface area contributed by atoms with Crippen LogP contribution in [-0.2, 0) is 0 Å². The fraction of sp³-hybridized carbons (Fsp3) is 0.385. The lowest BCUT2D eigenvalue weighted by molar-refractivity contribution is 0.447. The summed E-state index contributed by atoms with van der Waals surface area (Å²) in [5, 5.41) is 0. The molecule has 1 aliphatic carbocycles. The Bertz CT molecular complexity index is 285. The van der Waals surface area contributed by atoms with E-state index in [0.717, 1.165) is 6.42 Å². The first-order valence-electron chi connectivity index (χ1n) is 4.73. The van der Waals surface area contributed by atoms with Crippen LogP contribution in [0.3, 0.4) is 0 Å². The summed E-state index contributed by atoms with van der Waals surface area (Å²) in [5.74, 6) is 0. The highest BCUT2D eigenvalue weighted by molar-refractivity contribution is 5.36. The van der Waals surface area contributed by atoms with E-state index in [1.165, 1.54) is 11.1 Å². The quantitative estimate of drug-likeness (QED) is 0.554. The molecule has 0 aromatic rings. The molecule has 0 unspecified atom stereocenters. The first-order valence-corrected chi connectivity index (χ1v) is 4.73. The zero-order chi connectivity index (χ0) is 9.90. The first kappa shape index (κ1) is 10.0. The van der Waals surface area contributed by atoms with Gasteiger partial charge in [0.05, 0.1) is 0 Å². The lowest BCUT2D eigenvalue weighted by Crippen LogP contribution is -2.16. The number of allylic oxidation sites excluding steroid dienone is 7. The van der Waals surface area contributed by atoms with Gasteiger partial charge in [-0.2, -0.15) is 0 Å². The van der Waals surface area contributed by atoms with Crippen LogP contribution in [0.4, 0.5) is 0 Å². The summed E-state index contributed by atoms with van der Waals surface area (Å²) in [7, 11) is 0. The van der Waals surface area contributed by atoms with Crippen molar-refractivity contribution < 1.29 is 0 Å². The molecule has 1 aliphatic rings. The predicted molar refractivity (Wildman–Crippen MR) is 59.6 cm³/mol. The Morgan fingerprint density at radius 2 is 2.08 bits per heavy atom. The monoisotopic (exact) mass is 174 g/mol. The van der Waals surface area contributed by atoms with E-state index in [1.807, 2.05) is 12.2 Å². The van der Waals surface area contributed by atoms with E-state index in [2.05, 4.69) is 45.6 Å². The van der Waals surface area contributed by atoms with E-state index < -0.39 is 0 Å². The molecule has 0 bridgehead atoms. The van der Waals surface area contributed by atoms with Crippen molar-refractivity contribution in [1.82, 2.24) is 0 Å². The van der Waals surface area contributed by atoms with Crippen LogP contribution in [0.1, 0.15) is 27.2 Å². The summed E-state index contributed by atoms with van der Waals surface area (Å²) in [5.41, 5.74) is 3.12. The SMILES string of the molecule is C=C/C=C\C1=CC=C(C)CC1(C)C. The molecular weight excluding hydrogens is 156 g/mol. The van der Waals surface area contributed by atoms with Crippen LogP contribution in [0.25, 0.3) is 0 Å². The maximum Gasteiger partial charge on any atom is -0.00664 e. The van der Waals surface area contributed by atoms with Crippen molar-refractivity contribution in [2.45, 2.75) is 27.2 Å². The second-order valence-corrected chi connectivity index (χ2v) is 4.29. The Morgan fingerprint density at radius 3 is 2.62 bits per heavy atom. The van der Waals surface area contributed by atoms with Gasteiger partial charge in [0, 0.05) is 0 Å². The molecule has 0 aromatic heterocycles. The van der Waals surface area contributed by atoms with Crippen LogP contribution in [0.5, 0.6) is 0 Å². The molecule has 0 aromatic carbocycles. The second kappa shape index (κ2) is 3.78. The molecule has 0 saturated heterocycles. The molecule has 0 atom stereocenters. The number of hydrogen-bond donors (Lipinski definition) is 0. The highest BCUT2D eigenvalue weighted by Gasteiger charge is 2.23. The number of hydrogen-bond acceptors (Lipinski definition) is 0. The normalized spacial score (nSPS) is 21.2. The summed E-state index contributed by atoms with van der Waals surface area (Å²) >= 11 is 0. The van der Waals surface area contributed by atoms with Gasteiger partial charge in [0.2, 0.25) is 0 Å². The maximum atomic E-state index is 3.68. The molecule has 0 fully saturated rings.